The van der Waals surface area contributed by atoms with E-state index in [9.17, 15) is 9.59 Å². The predicted octanol–water partition coefficient (Wildman–Crippen LogP) is 2.92. The Bertz CT molecular complexity index is 559. The monoisotopic (exact) mass is 308 g/mol. The first-order chi connectivity index (χ1) is 9.92. The van der Waals surface area contributed by atoms with Gasteiger partial charge in [0.1, 0.15) is 0 Å². The van der Waals surface area contributed by atoms with Gasteiger partial charge in [0, 0.05) is 29.7 Å². The zero-order valence-electron chi connectivity index (χ0n) is 12.6. The highest BCUT2D eigenvalue weighted by Gasteiger charge is 2.35. The molecule has 0 aliphatic carbocycles. The molecule has 21 heavy (non-hydrogen) atoms. The van der Waals surface area contributed by atoms with E-state index in [0.717, 1.165) is 17.7 Å². The van der Waals surface area contributed by atoms with Crippen LogP contribution in [0.3, 0.4) is 0 Å². The van der Waals surface area contributed by atoms with Crippen molar-refractivity contribution in [1.29, 1.82) is 0 Å². The first kappa shape index (κ1) is 15.8. The van der Waals surface area contributed by atoms with Crippen molar-refractivity contribution in [3.63, 3.8) is 0 Å². The molecule has 1 heterocycles. The summed E-state index contributed by atoms with van der Waals surface area (Å²) < 4.78 is 0. The lowest BCUT2D eigenvalue weighted by Crippen LogP contribution is -2.38. The molecule has 1 aromatic carbocycles. The third-order valence-corrected chi connectivity index (χ3v) is 4.19. The molecule has 1 N–H and O–H groups in total. The van der Waals surface area contributed by atoms with Crippen LogP contribution in [0.15, 0.2) is 18.2 Å². The molecule has 2 amide bonds. The van der Waals surface area contributed by atoms with Gasteiger partial charge < -0.3 is 10.2 Å². The normalized spacial score (nSPS) is 19.7. The van der Waals surface area contributed by atoms with Crippen LogP contribution in [0.5, 0.6) is 0 Å². The molecular weight excluding hydrogens is 288 g/mol. The van der Waals surface area contributed by atoms with E-state index in [4.69, 9.17) is 11.6 Å². The van der Waals surface area contributed by atoms with E-state index in [1.807, 2.05) is 26.8 Å². The minimum absolute atomic E-state index is 0.0235. The second-order valence-electron chi connectivity index (χ2n) is 5.65. The molecule has 1 aliphatic rings. The molecule has 0 bridgehead atoms. The number of hydrogen-bond acceptors (Lipinski definition) is 2. The summed E-state index contributed by atoms with van der Waals surface area (Å²) in [6.07, 6.45) is 1.14. The van der Waals surface area contributed by atoms with E-state index in [2.05, 4.69) is 5.32 Å². The number of hydrogen-bond donors (Lipinski definition) is 1. The molecule has 5 heteroatoms. The first-order valence-electron chi connectivity index (χ1n) is 7.29. The number of anilines is 1. The van der Waals surface area contributed by atoms with Crippen LogP contribution < -0.4 is 10.2 Å². The van der Waals surface area contributed by atoms with E-state index in [0.29, 0.717) is 11.6 Å². The van der Waals surface area contributed by atoms with Crippen LogP contribution in [0.4, 0.5) is 5.69 Å². The van der Waals surface area contributed by atoms with E-state index in [1.165, 1.54) is 0 Å². The van der Waals surface area contributed by atoms with Gasteiger partial charge in [-0.05, 0) is 38.0 Å². The maximum atomic E-state index is 12.2. The molecule has 2 atom stereocenters. The average Bonchev–Trinajstić information content (AvgIpc) is 2.83. The predicted molar refractivity (Wildman–Crippen MR) is 84.5 cm³/mol. The van der Waals surface area contributed by atoms with Gasteiger partial charge in [-0.2, -0.15) is 0 Å². The minimum Gasteiger partial charge on any atom is -0.353 e. The molecule has 0 radical (unpaired) electrons. The van der Waals surface area contributed by atoms with Crippen LogP contribution in [0, 0.1) is 12.8 Å². The zero-order chi connectivity index (χ0) is 15.6. The SMILES string of the molecule is CCC(C)NC(=O)C1CC(=O)N(c2cc(Cl)ccc2C)C1. The second kappa shape index (κ2) is 6.48. The Labute approximate surface area is 130 Å². The fourth-order valence-electron chi connectivity index (χ4n) is 2.45. The maximum absolute atomic E-state index is 12.2. The summed E-state index contributed by atoms with van der Waals surface area (Å²) in [5.41, 5.74) is 1.78. The molecule has 2 unspecified atom stereocenters. The number of carbonyl (C=O) groups excluding carboxylic acids is 2. The second-order valence-corrected chi connectivity index (χ2v) is 6.09. The molecular formula is C16H21ClN2O2. The van der Waals surface area contributed by atoms with E-state index in [1.54, 1.807) is 17.0 Å². The molecule has 1 fully saturated rings. The molecule has 2 rings (SSSR count). The van der Waals surface area contributed by atoms with Crippen molar-refractivity contribution < 1.29 is 9.59 Å². The summed E-state index contributed by atoms with van der Waals surface area (Å²) >= 11 is 6.01. The average molecular weight is 309 g/mol. The molecule has 4 nitrogen and oxygen atoms in total. The number of halogens is 1. The Kier molecular flexibility index (Phi) is 4.88. The van der Waals surface area contributed by atoms with E-state index in [-0.39, 0.29) is 30.2 Å². The van der Waals surface area contributed by atoms with Gasteiger partial charge in [-0.15, -0.1) is 0 Å². The van der Waals surface area contributed by atoms with Crippen LogP contribution in [-0.2, 0) is 9.59 Å². The topological polar surface area (TPSA) is 49.4 Å². The summed E-state index contributed by atoms with van der Waals surface area (Å²) in [5.74, 6) is -0.352. The van der Waals surface area contributed by atoms with Crippen LogP contribution in [0.2, 0.25) is 5.02 Å². The van der Waals surface area contributed by atoms with Crippen LogP contribution in [0.25, 0.3) is 0 Å². The lowest BCUT2D eigenvalue weighted by molar-refractivity contribution is -0.126. The Morgan fingerprint density at radius 2 is 2.24 bits per heavy atom. The van der Waals surface area contributed by atoms with Crippen molar-refractivity contribution >= 4 is 29.1 Å². The van der Waals surface area contributed by atoms with Crippen molar-refractivity contribution in [2.75, 3.05) is 11.4 Å². The zero-order valence-corrected chi connectivity index (χ0v) is 13.4. The third-order valence-electron chi connectivity index (χ3n) is 3.96. The quantitative estimate of drug-likeness (QED) is 0.929. The number of nitrogens with zero attached hydrogens (tertiary/aromatic N) is 1. The summed E-state index contributed by atoms with van der Waals surface area (Å²) in [6.45, 7) is 6.34. The van der Waals surface area contributed by atoms with Gasteiger partial charge in [-0.25, -0.2) is 0 Å². The van der Waals surface area contributed by atoms with Gasteiger partial charge in [0.2, 0.25) is 11.8 Å². The Morgan fingerprint density at radius 3 is 2.90 bits per heavy atom. The van der Waals surface area contributed by atoms with Crippen LogP contribution in [0.1, 0.15) is 32.3 Å². The van der Waals surface area contributed by atoms with Gasteiger partial charge in [-0.1, -0.05) is 24.6 Å². The molecule has 114 valence electrons. The minimum atomic E-state index is -0.287. The molecule has 1 saturated heterocycles. The summed E-state index contributed by atoms with van der Waals surface area (Å²) in [7, 11) is 0. The summed E-state index contributed by atoms with van der Waals surface area (Å²) in [6, 6.07) is 5.60. The first-order valence-corrected chi connectivity index (χ1v) is 7.67. The van der Waals surface area contributed by atoms with Gasteiger partial charge in [0.15, 0.2) is 0 Å². The summed E-state index contributed by atoms with van der Waals surface area (Å²) in [5, 5.41) is 3.54. The van der Waals surface area contributed by atoms with Gasteiger partial charge >= 0.3 is 0 Å². The maximum Gasteiger partial charge on any atom is 0.227 e. The smallest absolute Gasteiger partial charge is 0.227 e. The van der Waals surface area contributed by atoms with Gasteiger partial charge in [-0.3, -0.25) is 9.59 Å². The molecule has 1 aromatic rings. The Hall–Kier alpha value is -1.55. The largest absolute Gasteiger partial charge is 0.353 e. The number of carbonyl (C=O) groups is 2. The van der Waals surface area contributed by atoms with Gasteiger partial charge in [0.05, 0.1) is 5.92 Å². The van der Waals surface area contributed by atoms with Crippen molar-refractivity contribution in [3.05, 3.63) is 28.8 Å². The highest BCUT2D eigenvalue weighted by molar-refractivity contribution is 6.31. The van der Waals surface area contributed by atoms with Gasteiger partial charge in [0.25, 0.3) is 0 Å². The molecule has 0 saturated carbocycles. The van der Waals surface area contributed by atoms with Crippen molar-refractivity contribution in [2.24, 2.45) is 5.92 Å². The fourth-order valence-corrected chi connectivity index (χ4v) is 2.62. The van der Waals surface area contributed by atoms with Crippen LogP contribution in [-0.4, -0.2) is 24.4 Å². The lowest BCUT2D eigenvalue weighted by atomic mass is 10.1. The Morgan fingerprint density at radius 1 is 1.52 bits per heavy atom. The number of aryl methyl sites for hydroxylation is 1. The molecule has 1 aliphatic heterocycles. The third kappa shape index (κ3) is 3.56. The Balaban J connectivity index is 2.13. The highest BCUT2D eigenvalue weighted by Crippen LogP contribution is 2.30. The van der Waals surface area contributed by atoms with Crippen molar-refractivity contribution in [3.8, 4) is 0 Å². The molecule has 0 aromatic heterocycles. The summed E-state index contributed by atoms with van der Waals surface area (Å²) in [4.78, 5) is 26.1. The standard InChI is InChI=1S/C16H21ClN2O2/c1-4-11(3)18-16(21)12-7-15(20)19(9-12)14-8-13(17)6-5-10(14)2/h5-6,8,11-12H,4,7,9H2,1-3H3,(H,18,21). The lowest BCUT2D eigenvalue weighted by Gasteiger charge is -2.20. The fraction of sp³-hybridized carbons (Fsp3) is 0.500. The molecule has 0 spiro atoms. The van der Waals surface area contributed by atoms with E-state index >= 15 is 0 Å². The van der Waals surface area contributed by atoms with Crippen molar-refractivity contribution in [1.82, 2.24) is 5.32 Å². The number of rotatable bonds is 4. The van der Waals surface area contributed by atoms with E-state index < -0.39 is 0 Å². The number of amides is 2. The van der Waals surface area contributed by atoms with Crippen LogP contribution >= 0.6 is 11.6 Å². The highest BCUT2D eigenvalue weighted by atomic mass is 35.5. The number of nitrogens with one attached hydrogen (secondary N) is 1. The van der Waals surface area contributed by atoms with Crippen molar-refractivity contribution in [2.45, 2.75) is 39.7 Å². The number of benzene rings is 1.